The number of pyridine rings is 1. The van der Waals surface area contributed by atoms with Crippen molar-refractivity contribution >= 4 is 5.91 Å². The van der Waals surface area contributed by atoms with E-state index in [0.717, 1.165) is 42.6 Å². The van der Waals surface area contributed by atoms with Crippen molar-refractivity contribution in [3.63, 3.8) is 0 Å². The van der Waals surface area contributed by atoms with Gasteiger partial charge in [0.1, 0.15) is 5.82 Å². The van der Waals surface area contributed by atoms with Gasteiger partial charge in [-0.3, -0.25) is 9.78 Å². The van der Waals surface area contributed by atoms with Gasteiger partial charge in [0.15, 0.2) is 5.69 Å². The Hall–Kier alpha value is -3.57. The van der Waals surface area contributed by atoms with Crippen LogP contribution in [-0.4, -0.2) is 17.4 Å². The van der Waals surface area contributed by atoms with Crippen molar-refractivity contribution in [3.05, 3.63) is 89.0 Å². The van der Waals surface area contributed by atoms with E-state index >= 15 is 0 Å². The first-order valence-corrected chi connectivity index (χ1v) is 9.36. The highest BCUT2D eigenvalue weighted by Gasteiger charge is 2.43. The van der Waals surface area contributed by atoms with Gasteiger partial charge in [-0.05, 0) is 41.5 Å². The van der Waals surface area contributed by atoms with Crippen LogP contribution in [0.15, 0.2) is 60.8 Å². The summed E-state index contributed by atoms with van der Waals surface area (Å²) in [6.07, 6.45) is -9.55. The molecular formula is C22H13F9N2O. The number of alkyl halides is 8. The third-order valence-corrected chi connectivity index (χ3v) is 4.69. The highest BCUT2D eigenvalue weighted by Crippen LogP contribution is 2.41. The van der Waals surface area contributed by atoms with E-state index in [1.165, 1.54) is 0 Å². The zero-order valence-electron chi connectivity index (χ0n) is 16.7. The maximum absolute atomic E-state index is 14.7. The fourth-order valence-corrected chi connectivity index (χ4v) is 3.12. The van der Waals surface area contributed by atoms with E-state index in [0.29, 0.717) is 18.2 Å². The minimum absolute atomic E-state index is 0.124. The van der Waals surface area contributed by atoms with Gasteiger partial charge in [0.2, 0.25) is 0 Å². The topological polar surface area (TPSA) is 42.0 Å². The van der Waals surface area contributed by atoms with E-state index in [1.54, 1.807) is 5.32 Å². The molecule has 0 unspecified atom stereocenters. The fraction of sp³-hybridized carbons (Fsp3) is 0.182. The molecule has 2 aromatic carbocycles. The highest BCUT2D eigenvalue weighted by atomic mass is 19.4. The van der Waals surface area contributed by atoms with Crippen LogP contribution in [0.1, 0.15) is 27.2 Å². The molecule has 0 bridgehead atoms. The third-order valence-electron chi connectivity index (χ3n) is 4.69. The Kier molecular flexibility index (Phi) is 6.63. The molecule has 1 N–H and O–H groups in total. The Balaban J connectivity index is 1.91. The number of nitrogens with one attached hydrogen (secondary N) is 1. The predicted molar refractivity (Wildman–Crippen MR) is 102 cm³/mol. The van der Waals surface area contributed by atoms with Gasteiger partial charge in [0.25, 0.3) is 11.8 Å². The molecule has 0 aliphatic carbocycles. The lowest BCUT2D eigenvalue weighted by atomic mass is 9.95. The van der Waals surface area contributed by atoms with Gasteiger partial charge in [-0.25, -0.2) is 4.39 Å². The number of hydrogen-bond donors (Lipinski definition) is 1. The SMILES string of the molecule is O=C(NCC(F)(F)c1ccc(-c2ccc(F)cc2)cc1C(F)(F)F)c1cccnc1C(F)(F)F. The number of halogens is 9. The van der Waals surface area contributed by atoms with E-state index in [2.05, 4.69) is 4.98 Å². The molecule has 0 radical (unpaired) electrons. The lowest BCUT2D eigenvalue weighted by Gasteiger charge is -2.23. The van der Waals surface area contributed by atoms with Gasteiger partial charge >= 0.3 is 12.4 Å². The lowest BCUT2D eigenvalue weighted by molar-refractivity contribution is -0.142. The summed E-state index contributed by atoms with van der Waals surface area (Å²) in [5.41, 5.74) is -5.89. The summed E-state index contributed by atoms with van der Waals surface area (Å²) < 4.78 is 122. The Labute approximate surface area is 186 Å². The molecule has 0 aliphatic heterocycles. The van der Waals surface area contributed by atoms with E-state index in [9.17, 15) is 44.3 Å². The molecule has 34 heavy (non-hydrogen) atoms. The number of rotatable bonds is 5. The van der Waals surface area contributed by atoms with Gasteiger partial charge < -0.3 is 5.32 Å². The summed E-state index contributed by atoms with van der Waals surface area (Å²) in [4.78, 5) is 15.1. The quantitative estimate of drug-likeness (QED) is 0.416. The van der Waals surface area contributed by atoms with Gasteiger partial charge in [0, 0.05) is 11.8 Å². The largest absolute Gasteiger partial charge is 0.434 e. The van der Waals surface area contributed by atoms with Crippen LogP contribution in [-0.2, 0) is 18.3 Å². The average Bonchev–Trinajstić information content (AvgIpc) is 2.76. The molecule has 1 heterocycles. The molecule has 180 valence electrons. The van der Waals surface area contributed by atoms with Crippen molar-refractivity contribution < 1.29 is 44.3 Å². The van der Waals surface area contributed by atoms with Crippen LogP contribution >= 0.6 is 0 Å². The van der Waals surface area contributed by atoms with Crippen LogP contribution in [0, 0.1) is 5.82 Å². The molecule has 3 nitrogen and oxygen atoms in total. The maximum Gasteiger partial charge on any atom is 0.434 e. The standard InChI is InChI=1S/C22H13F9N2O/c23-14-6-3-12(4-7-14)13-5-8-16(17(10-13)21(26,27)28)20(24,25)11-33-19(34)15-2-1-9-32-18(15)22(29,30)31/h1-10H,11H2,(H,33,34). The van der Waals surface area contributed by atoms with Crippen LogP contribution in [0.3, 0.4) is 0 Å². The lowest BCUT2D eigenvalue weighted by Crippen LogP contribution is -2.37. The highest BCUT2D eigenvalue weighted by molar-refractivity contribution is 5.95. The minimum Gasteiger partial charge on any atom is -0.346 e. The Morgan fingerprint density at radius 3 is 2.00 bits per heavy atom. The van der Waals surface area contributed by atoms with Crippen molar-refractivity contribution in [2.45, 2.75) is 18.3 Å². The zero-order valence-corrected chi connectivity index (χ0v) is 16.7. The van der Waals surface area contributed by atoms with Crippen molar-refractivity contribution in [1.29, 1.82) is 0 Å². The summed E-state index contributed by atoms with van der Waals surface area (Å²) in [5, 5.41) is 1.54. The molecule has 0 spiro atoms. The zero-order chi connectivity index (χ0) is 25.3. The van der Waals surface area contributed by atoms with E-state index in [-0.39, 0.29) is 11.1 Å². The Morgan fingerprint density at radius 1 is 0.794 bits per heavy atom. The number of aromatic nitrogens is 1. The van der Waals surface area contributed by atoms with Crippen molar-refractivity contribution in [2.24, 2.45) is 0 Å². The Morgan fingerprint density at radius 2 is 1.41 bits per heavy atom. The number of carbonyl (C=O) groups excluding carboxylic acids is 1. The molecule has 0 saturated heterocycles. The van der Waals surface area contributed by atoms with Gasteiger partial charge in [0.05, 0.1) is 17.7 Å². The number of carbonyl (C=O) groups is 1. The van der Waals surface area contributed by atoms with E-state index in [4.69, 9.17) is 0 Å². The molecule has 3 aromatic rings. The van der Waals surface area contributed by atoms with Crippen molar-refractivity contribution in [1.82, 2.24) is 10.3 Å². The number of nitrogens with zero attached hydrogens (tertiary/aromatic N) is 1. The van der Waals surface area contributed by atoms with E-state index < -0.39 is 58.9 Å². The van der Waals surface area contributed by atoms with Crippen LogP contribution in [0.25, 0.3) is 11.1 Å². The smallest absolute Gasteiger partial charge is 0.346 e. The second-order valence-corrected chi connectivity index (χ2v) is 7.05. The summed E-state index contributed by atoms with van der Waals surface area (Å²) in [5.74, 6) is -6.54. The molecule has 0 fully saturated rings. The van der Waals surface area contributed by atoms with Crippen LogP contribution in [0.5, 0.6) is 0 Å². The van der Waals surface area contributed by atoms with Gasteiger partial charge in [-0.2, -0.15) is 35.1 Å². The molecule has 0 saturated carbocycles. The van der Waals surface area contributed by atoms with Crippen molar-refractivity contribution in [3.8, 4) is 11.1 Å². The second kappa shape index (κ2) is 8.99. The number of hydrogen-bond acceptors (Lipinski definition) is 2. The third kappa shape index (κ3) is 5.49. The van der Waals surface area contributed by atoms with Crippen LogP contribution in [0.4, 0.5) is 39.5 Å². The average molecular weight is 492 g/mol. The Bertz CT molecular complexity index is 1190. The first-order chi connectivity index (χ1) is 15.7. The fourth-order valence-electron chi connectivity index (χ4n) is 3.12. The van der Waals surface area contributed by atoms with Gasteiger partial charge in [-0.15, -0.1) is 0 Å². The second-order valence-electron chi connectivity index (χ2n) is 7.05. The summed E-state index contributed by atoms with van der Waals surface area (Å²) in [6.45, 7) is -1.71. The maximum atomic E-state index is 14.7. The molecule has 12 heteroatoms. The van der Waals surface area contributed by atoms with Crippen LogP contribution in [0.2, 0.25) is 0 Å². The number of benzene rings is 2. The van der Waals surface area contributed by atoms with Crippen LogP contribution < -0.4 is 5.32 Å². The molecule has 3 rings (SSSR count). The minimum atomic E-state index is -5.23. The van der Waals surface area contributed by atoms with Crippen molar-refractivity contribution in [2.75, 3.05) is 6.54 Å². The molecule has 0 atom stereocenters. The summed E-state index contributed by atoms with van der Waals surface area (Å²) in [6, 6.07) is 7.85. The monoisotopic (exact) mass is 492 g/mol. The first-order valence-electron chi connectivity index (χ1n) is 9.36. The van der Waals surface area contributed by atoms with Gasteiger partial charge in [-0.1, -0.05) is 24.3 Å². The molecular weight excluding hydrogens is 479 g/mol. The first kappa shape index (κ1) is 25.1. The molecule has 1 aromatic heterocycles. The number of amides is 1. The van der Waals surface area contributed by atoms with E-state index in [1.807, 2.05) is 0 Å². The predicted octanol–water partition coefficient (Wildman–Crippen LogP) is 6.45. The normalized spacial score (nSPS) is 12.5. The summed E-state index contributed by atoms with van der Waals surface area (Å²) >= 11 is 0. The molecule has 0 aliphatic rings. The molecule has 1 amide bonds. The summed E-state index contributed by atoms with van der Waals surface area (Å²) in [7, 11) is 0.